The number of carbonyl (C=O) groups is 2. The minimum atomic E-state index is -0.502. The zero-order valence-electron chi connectivity index (χ0n) is 13.7. The van der Waals surface area contributed by atoms with Crippen molar-refractivity contribution in [1.29, 1.82) is 0 Å². The van der Waals surface area contributed by atoms with Gasteiger partial charge in [0.2, 0.25) is 0 Å². The number of benzene rings is 2. The first-order chi connectivity index (χ1) is 12.0. The molecule has 0 saturated heterocycles. The van der Waals surface area contributed by atoms with E-state index >= 15 is 0 Å². The van der Waals surface area contributed by atoms with Gasteiger partial charge in [-0.25, -0.2) is 0 Å². The van der Waals surface area contributed by atoms with Crippen LogP contribution in [0.15, 0.2) is 42.5 Å². The van der Waals surface area contributed by atoms with Crippen LogP contribution in [0.3, 0.4) is 0 Å². The highest BCUT2D eigenvalue weighted by molar-refractivity contribution is 6.35. The molecule has 0 aromatic heterocycles. The van der Waals surface area contributed by atoms with Crippen LogP contribution in [0.25, 0.3) is 0 Å². The lowest BCUT2D eigenvalue weighted by Gasteiger charge is -2.22. The lowest BCUT2D eigenvalue weighted by atomic mass is 10.1. The van der Waals surface area contributed by atoms with Crippen LogP contribution in [0, 0.1) is 0 Å². The maximum Gasteiger partial charge on any atom is 0.310 e. The summed E-state index contributed by atoms with van der Waals surface area (Å²) in [5, 5.41) is 0.900. The van der Waals surface area contributed by atoms with E-state index in [1.54, 1.807) is 23.1 Å². The third-order valence-corrected chi connectivity index (χ3v) is 4.77. The minimum Gasteiger partial charge on any atom is -0.455 e. The normalized spacial score (nSPS) is 15.8. The van der Waals surface area contributed by atoms with Crippen molar-refractivity contribution >= 4 is 40.8 Å². The Morgan fingerprint density at radius 2 is 1.96 bits per heavy atom. The van der Waals surface area contributed by atoms with Crippen molar-refractivity contribution in [2.24, 2.45) is 0 Å². The van der Waals surface area contributed by atoms with Crippen LogP contribution in [0.5, 0.6) is 0 Å². The Morgan fingerprint density at radius 1 is 1.20 bits per heavy atom. The first-order valence-electron chi connectivity index (χ1n) is 7.95. The molecule has 2 aromatic rings. The number of nitrogens with zero attached hydrogens (tertiary/aromatic N) is 1. The summed E-state index contributed by atoms with van der Waals surface area (Å²) >= 11 is 11.9. The molecule has 0 unspecified atom stereocenters. The van der Waals surface area contributed by atoms with E-state index in [4.69, 9.17) is 27.9 Å². The van der Waals surface area contributed by atoms with Crippen molar-refractivity contribution in [1.82, 2.24) is 0 Å². The van der Waals surface area contributed by atoms with Gasteiger partial charge < -0.3 is 9.64 Å². The lowest BCUT2D eigenvalue weighted by molar-refractivity contribution is -0.147. The van der Waals surface area contributed by atoms with E-state index < -0.39 is 5.97 Å². The second-order valence-electron chi connectivity index (χ2n) is 6.02. The Hall–Kier alpha value is -2.04. The summed E-state index contributed by atoms with van der Waals surface area (Å²) in [7, 11) is 0. The molecule has 130 valence electrons. The molecule has 0 spiro atoms. The van der Waals surface area contributed by atoms with Gasteiger partial charge in [0.25, 0.3) is 5.91 Å². The molecule has 25 heavy (non-hydrogen) atoms. The Bertz CT molecular complexity index is 822. The molecule has 1 aliphatic heterocycles. The van der Waals surface area contributed by atoms with Gasteiger partial charge in [0.05, 0.1) is 6.42 Å². The van der Waals surface area contributed by atoms with Crippen LogP contribution >= 0.6 is 23.2 Å². The third-order valence-electron chi connectivity index (χ3n) is 4.18. The molecule has 0 saturated carbocycles. The van der Waals surface area contributed by atoms with Gasteiger partial charge in [0.15, 0.2) is 6.61 Å². The van der Waals surface area contributed by atoms with Crippen molar-refractivity contribution in [2.75, 3.05) is 11.5 Å². The molecule has 0 aliphatic carbocycles. The van der Waals surface area contributed by atoms with Gasteiger partial charge >= 0.3 is 5.97 Å². The quantitative estimate of drug-likeness (QED) is 0.754. The average molecular weight is 378 g/mol. The number of anilines is 1. The summed E-state index contributed by atoms with van der Waals surface area (Å²) in [6, 6.07) is 12.7. The topological polar surface area (TPSA) is 46.6 Å². The fourth-order valence-electron chi connectivity index (χ4n) is 3.03. The number of esters is 1. The van der Waals surface area contributed by atoms with Gasteiger partial charge in [-0.1, -0.05) is 47.5 Å². The summed E-state index contributed by atoms with van der Waals surface area (Å²) in [5.41, 5.74) is 2.63. The van der Waals surface area contributed by atoms with Gasteiger partial charge in [-0.2, -0.15) is 0 Å². The maximum absolute atomic E-state index is 12.5. The molecule has 2 aromatic carbocycles. The van der Waals surface area contributed by atoms with E-state index in [2.05, 4.69) is 0 Å². The number of rotatable bonds is 4. The van der Waals surface area contributed by atoms with E-state index in [1.807, 2.05) is 31.2 Å². The molecule has 3 rings (SSSR count). The van der Waals surface area contributed by atoms with E-state index in [-0.39, 0.29) is 25.0 Å². The van der Waals surface area contributed by atoms with E-state index in [0.29, 0.717) is 15.6 Å². The van der Waals surface area contributed by atoms with Crippen LogP contribution in [-0.4, -0.2) is 24.5 Å². The molecule has 0 radical (unpaired) electrons. The molecule has 1 amide bonds. The molecular weight excluding hydrogens is 361 g/mol. The van der Waals surface area contributed by atoms with Crippen molar-refractivity contribution in [3.8, 4) is 0 Å². The minimum absolute atomic E-state index is 0.00454. The molecule has 1 heterocycles. The summed E-state index contributed by atoms with van der Waals surface area (Å²) in [6.45, 7) is 1.69. The first-order valence-corrected chi connectivity index (χ1v) is 8.71. The standard InChI is InChI=1S/C19H17Cl2NO3/c1-12-8-14-4-2-3-5-17(14)22(12)18(23)11-25-19(24)9-13-6-7-15(20)10-16(13)21/h2-7,10,12H,8-9,11H2,1H3/t12-/m0/s1. The smallest absolute Gasteiger partial charge is 0.310 e. The van der Waals surface area contributed by atoms with Gasteiger partial charge in [-0.05, 0) is 42.7 Å². The van der Waals surface area contributed by atoms with Crippen LogP contribution in [0.2, 0.25) is 10.0 Å². The van der Waals surface area contributed by atoms with Gasteiger partial charge in [-0.3, -0.25) is 9.59 Å². The second kappa shape index (κ2) is 7.46. The predicted octanol–water partition coefficient (Wildman–Crippen LogP) is 4.06. The Balaban J connectivity index is 1.60. The van der Waals surface area contributed by atoms with E-state index in [1.165, 1.54) is 0 Å². The van der Waals surface area contributed by atoms with Crippen molar-refractivity contribution in [3.63, 3.8) is 0 Å². The van der Waals surface area contributed by atoms with Crippen molar-refractivity contribution < 1.29 is 14.3 Å². The molecule has 1 atom stereocenters. The number of carbonyl (C=O) groups excluding carboxylic acids is 2. The highest BCUT2D eigenvalue weighted by Gasteiger charge is 2.30. The molecule has 6 heteroatoms. The monoisotopic (exact) mass is 377 g/mol. The van der Waals surface area contributed by atoms with E-state index in [0.717, 1.165) is 17.7 Å². The fourth-order valence-corrected chi connectivity index (χ4v) is 3.50. The number of hydrogen-bond acceptors (Lipinski definition) is 3. The predicted molar refractivity (Wildman–Crippen MR) is 98.2 cm³/mol. The Kier molecular flexibility index (Phi) is 5.30. The summed E-state index contributed by atoms with van der Waals surface area (Å²) < 4.78 is 5.15. The number of halogens is 2. The highest BCUT2D eigenvalue weighted by atomic mass is 35.5. The van der Waals surface area contributed by atoms with Crippen LogP contribution in [0.1, 0.15) is 18.1 Å². The highest BCUT2D eigenvalue weighted by Crippen LogP contribution is 2.31. The van der Waals surface area contributed by atoms with Crippen molar-refractivity contribution in [2.45, 2.75) is 25.8 Å². The van der Waals surface area contributed by atoms with Gasteiger partial charge in [0, 0.05) is 21.8 Å². The lowest BCUT2D eigenvalue weighted by Crippen LogP contribution is -2.38. The number of para-hydroxylation sites is 1. The van der Waals surface area contributed by atoms with Crippen molar-refractivity contribution in [3.05, 3.63) is 63.6 Å². The number of amides is 1. The molecule has 0 bridgehead atoms. The summed E-state index contributed by atoms with van der Waals surface area (Å²) in [4.78, 5) is 26.2. The molecule has 4 nitrogen and oxygen atoms in total. The van der Waals surface area contributed by atoms with Crippen LogP contribution in [-0.2, 0) is 27.2 Å². The Morgan fingerprint density at radius 3 is 2.72 bits per heavy atom. The average Bonchev–Trinajstić information content (AvgIpc) is 2.91. The zero-order valence-corrected chi connectivity index (χ0v) is 15.2. The molecular formula is C19H17Cl2NO3. The largest absolute Gasteiger partial charge is 0.455 e. The zero-order chi connectivity index (χ0) is 18.0. The van der Waals surface area contributed by atoms with Crippen LogP contribution < -0.4 is 4.90 Å². The Labute approximate surface area is 156 Å². The fraction of sp³-hybridized carbons (Fsp3) is 0.263. The summed E-state index contributed by atoms with van der Waals surface area (Å²) in [5.74, 6) is -0.731. The number of hydrogen-bond donors (Lipinski definition) is 0. The SMILES string of the molecule is C[C@H]1Cc2ccccc2N1C(=O)COC(=O)Cc1ccc(Cl)cc1Cl. The molecule has 0 fully saturated rings. The van der Waals surface area contributed by atoms with Gasteiger partial charge in [0.1, 0.15) is 0 Å². The first kappa shape index (κ1) is 17.8. The molecule has 1 aliphatic rings. The van der Waals surface area contributed by atoms with Crippen LogP contribution in [0.4, 0.5) is 5.69 Å². The number of ether oxygens (including phenoxy) is 1. The maximum atomic E-state index is 12.5. The number of fused-ring (bicyclic) bond motifs is 1. The second-order valence-corrected chi connectivity index (χ2v) is 6.86. The van der Waals surface area contributed by atoms with Gasteiger partial charge in [-0.15, -0.1) is 0 Å². The van der Waals surface area contributed by atoms with E-state index in [9.17, 15) is 9.59 Å². The third kappa shape index (κ3) is 3.97. The summed E-state index contributed by atoms with van der Waals surface area (Å²) in [6.07, 6.45) is 0.797. The molecule has 0 N–H and O–H groups in total.